The highest BCUT2D eigenvalue weighted by atomic mass is 32.1. The average molecular weight is 1140 g/mol. The van der Waals surface area contributed by atoms with Crippen molar-refractivity contribution in [3.05, 3.63) is 273 Å². The zero-order chi connectivity index (χ0) is 55.7. The maximum Gasteiger partial charge on any atom is 0.124 e. The summed E-state index contributed by atoms with van der Waals surface area (Å²) in [6.45, 7) is 0. The first-order valence-electron chi connectivity index (χ1n) is 28.4. The molecule has 18 aromatic rings. The Morgan fingerprint density at radius 1 is 0.247 bits per heavy atom. The summed E-state index contributed by atoms with van der Waals surface area (Å²) < 4.78 is 10.8. The molecule has 10 heteroatoms. The van der Waals surface area contributed by atoms with Gasteiger partial charge in [-0.3, -0.25) is 0 Å². The molecule has 0 saturated carbocycles. The van der Waals surface area contributed by atoms with Crippen LogP contribution in [-0.4, -0.2) is 28.7 Å². The van der Waals surface area contributed by atoms with Crippen LogP contribution in [0.25, 0.3) is 145 Å². The molecule has 18 rings (SSSR count). The lowest BCUT2D eigenvalue weighted by Gasteiger charge is -2.26. The number of hydrogen-bond acceptors (Lipinski definition) is 7. The van der Waals surface area contributed by atoms with Crippen molar-refractivity contribution in [2.45, 2.75) is 0 Å². The first-order chi connectivity index (χ1) is 42.1. The fraction of sp³-hybridized carbons (Fsp3) is 0. The maximum absolute atomic E-state index is 4.98. The van der Waals surface area contributed by atoms with E-state index in [1.165, 1.54) is 46.4 Å². The highest BCUT2D eigenvalue weighted by molar-refractivity contribution is 7.22. The predicted molar refractivity (Wildman–Crippen MR) is 360 cm³/mol. The molecule has 0 saturated heterocycles. The number of thiazole rings is 3. The third-order valence-corrected chi connectivity index (χ3v) is 20.0. The Bertz CT molecular complexity index is 5020. The number of nitrogens with zero attached hydrogens (tertiary/aromatic N) is 7. The van der Waals surface area contributed by atoms with Gasteiger partial charge < -0.3 is 18.6 Å². The smallest absolute Gasteiger partial charge is 0.124 e. The molecule has 398 valence electrons. The van der Waals surface area contributed by atoms with Gasteiger partial charge in [0.15, 0.2) is 0 Å². The van der Waals surface area contributed by atoms with Gasteiger partial charge in [-0.05, 0) is 182 Å². The van der Waals surface area contributed by atoms with Gasteiger partial charge in [-0.1, -0.05) is 91.0 Å². The highest BCUT2D eigenvalue weighted by Gasteiger charge is 2.23. The van der Waals surface area contributed by atoms with E-state index in [0.717, 1.165) is 115 Å². The van der Waals surface area contributed by atoms with Crippen molar-refractivity contribution >= 4 is 147 Å². The van der Waals surface area contributed by atoms with Crippen LogP contribution in [0.1, 0.15) is 0 Å². The lowest BCUT2D eigenvalue weighted by atomic mass is 10.1. The van der Waals surface area contributed by atoms with Crippen LogP contribution < -0.4 is 4.90 Å². The highest BCUT2D eigenvalue weighted by Crippen LogP contribution is 2.45. The average Bonchev–Trinajstić information content (AvgIpc) is 3.20. The summed E-state index contributed by atoms with van der Waals surface area (Å²) in [7, 11) is 0. The summed E-state index contributed by atoms with van der Waals surface area (Å²) in [6, 6.07) is 99.2. The van der Waals surface area contributed by atoms with E-state index in [1.807, 2.05) is 0 Å². The van der Waals surface area contributed by atoms with Gasteiger partial charge in [0.25, 0.3) is 0 Å². The number of benzene rings is 12. The third-order valence-electron chi connectivity index (χ3n) is 16.7. The van der Waals surface area contributed by atoms with Gasteiger partial charge in [-0.15, -0.1) is 34.0 Å². The van der Waals surface area contributed by atoms with Crippen molar-refractivity contribution in [3.8, 4) is 48.8 Å². The molecular weight excluding hydrogens is 1100 g/mol. The lowest BCUT2D eigenvalue weighted by Crippen LogP contribution is -2.10. The summed E-state index contributed by atoms with van der Waals surface area (Å²) in [5.41, 5.74) is 19.8. The summed E-state index contributed by atoms with van der Waals surface area (Å²) in [6.07, 6.45) is 0. The number of hydrogen-bond donors (Lipinski definition) is 0. The number of aromatic nitrogens is 6. The van der Waals surface area contributed by atoms with Gasteiger partial charge >= 0.3 is 0 Å². The number of fused-ring (bicyclic) bond motifs is 12. The second-order valence-corrected chi connectivity index (χ2v) is 24.7. The van der Waals surface area contributed by atoms with Crippen molar-refractivity contribution in [2.24, 2.45) is 0 Å². The molecule has 0 bridgehead atoms. The number of rotatable bonds is 9. The van der Waals surface area contributed by atoms with Crippen molar-refractivity contribution in [3.63, 3.8) is 0 Å². The quantitative estimate of drug-likeness (QED) is 0.145. The van der Waals surface area contributed by atoms with E-state index in [0.29, 0.717) is 0 Å². The Kier molecular flexibility index (Phi) is 10.8. The minimum atomic E-state index is 1.02. The zero-order valence-electron chi connectivity index (χ0n) is 45.3. The number of para-hydroxylation sites is 6. The third kappa shape index (κ3) is 7.73. The summed E-state index contributed by atoms with van der Waals surface area (Å²) >= 11 is 5.20. The van der Waals surface area contributed by atoms with Gasteiger partial charge in [-0.25, -0.2) is 15.0 Å². The van der Waals surface area contributed by atoms with Gasteiger partial charge in [0.1, 0.15) is 15.0 Å². The second kappa shape index (κ2) is 19.0. The minimum absolute atomic E-state index is 1.02. The topological polar surface area (TPSA) is 56.7 Å². The Labute approximate surface area is 499 Å². The largest absolute Gasteiger partial charge is 0.310 e. The van der Waals surface area contributed by atoms with E-state index < -0.39 is 0 Å². The minimum Gasteiger partial charge on any atom is -0.310 e. The van der Waals surface area contributed by atoms with E-state index in [9.17, 15) is 0 Å². The molecule has 0 aliphatic rings. The van der Waals surface area contributed by atoms with Crippen LogP contribution in [-0.2, 0) is 0 Å². The van der Waals surface area contributed by atoms with E-state index >= 15 is 0 Å². The number of anilines is 3. The normalized spacial score (nSPS) is 12.0. The fourth-order valence-corrected chi connectivity index (χ4v) is 15.7. The molecule has 6 aromatic heterocycles. The molecule has 0 aliphatic carbocycles. The Balaban J connectivity index is 0.796. The van der Waals surface area contributed by atoms with Gasteiger partial charge in [0, 0.05) is 83.1 Å². The molecule has 0 fully saturated rings. The van der Waals surface area contributed by atoms with Crippen LogP contribution in [0.5, 0.6) is 0 Å². The van der Waals surface area contributed by atoms with Crippen LogP contribution in [0.2, 0.25) is 0 Å². The first kappa shape index (κ1) is 48.1. The molecule has 0 unspecified atom stereocenters. The first-order valence-corrected chi connectivity index (χ1v) is 30.8. The monoisotopic (exact) mass is 1140 g/mol. The van der Waals surface area contributed by atoms with Crippen molar-refractivity contribution in [2.75, 3.05) is 4.90 Å². The molecule has 0 radical (unpaired) electrons. The Morgan fingerprint density at radius 3 is 0.824 bits per heavy atom. The molecule has 0 aliphatic heterocycles. The van der Waals surface area contributed by atoms with Crippen LogP contribution >= 0.6 is 34.0 Å². The van der Waals surface area contributed by atoms with Crippen molar-refractivity contribution < 1.29 is 0 Å². The van der Waals surface area contributed by atoms with Crippen LogP contribution in [0.15, 0.2) is 273 Å². The van der Waals surface area contributed by atoms with E-state index in [-0.39, 0.29) is 0 Å². The van der Waals surface area contributed by atoms with E-state index in [1.54, 1.807) is 34.0 Å². The molecule has 12 aromatic carbocycles. The summed E-state index contributed by atoms with van der Waals surface area (Å²) in [4.78, 5) is 17.4. The van der Waals surface area contributed by atoms with Crippen molar-refractivity contribution in [1.29, 1.82) is 0 Å². The fourth-order valence-electron chi connectivity index (χ4n) is 12.8. The standard InChI is InChI=1S/C75H45N7S3/c1-7-19-64-55(13-1)58-43-52(37-40-67(58)80(64)49-31-25-46(26-32-49)73-76-61-16-4-10-22-70(61)83-73)79(53-38-41-68-59(44-53)56-14-2-8-20-65(56)81(68)50-33-27-47(28-34-50)74-77-62-17-5-11-23-71(62)84-74)54-39-42-69-60(45-54)57-15-3-9-21-66(57)82(69)51-35-29-48(30-36-51)75-78-63-18-6-12-24-72(63)85-75/h1-45H. The molecular formula is C75H45N7S3. The van der Waals surface area contributed by atoms with E-state index in [2.05, 4.69) is 292 Å². The molecule has 0 N–H and O–H groups in total. The Morgan fingerprint density at radius 2 is 0.518 bits per heavy atom. The van der Waals surface area contributed by atoms with Gasteiger partial charge in [-0.2, -0.15) is 0 Å². The maximum atomic E-state index is 4.98. The van der Waals surface area contributed by atoms with Crippen LogP contribution in [0, 0.1) is 0 Å². The predicted octanol–water partition coefficient (Wildman–Crippen LogP) is 21.3. The van der Waals surface area contributed by atoms with Gasteiger partial charge in [0.2, 0.25) is 0 Å². The summed E-state index contributed by atoms with van der Waals surface area (Å²) in [5, 5.41) is 10.2. The molecule has 6 heterocycles. The van der Waals surface area contributed by atoms with Crippen LogP contribution in [0.4, 0.5) is 17.1 Å². The lowest BCUT2D eigenvalue weighted by molar-refractivity contribution is 1.18. The van der Waals surface area contributed by atoms with Crippen LogP contribution in [0.3, 0.4) is 0 Å². The zero-order valence-corrected chi connectivity index (χ0v) is 47.8. The molecule has 0 atom stereocenters. The second-order valence-electron chi connectivity index (χ2n) is 21.6. The van der Waals surface area contributed by atoms with Gasteiger partial charge in [0.05, 0.1) is 63.8 Å². The SMILES string of the molecule is c1ccc2sc(-c3ccc(-n4c5ccccc5c5cc(N(c6ccc7c(c6)c6ccccc6n7-c6ccc(-c7nc8ccccc8s7)cc6)c6ccc7c(c6)c6ccccc6n7-c6ccc(-c7nc8ccccc8s7)cc6)ccc54)cc3)nc2c1. The Hall–Kier alpha value is -10.5. The molecule has 85 heavy (non-hydrogen) atoms. The molecule has 0 amide bonds. The molecule has 0 spiro atoms. The molecule has 7 nitrogen and oxygen atoms in total. The summed E-state index contributed by atoms with van der Waals surface area (Å²) in [5.74, 6) is 0. The van der Waals surface area contributed by atoms with E-state index in [4.69, 9.17) is 15.0 Å². The van der Waals surface area contributed by atoms with Crippen molar-refractivity contribution in [1.82, 2.24) is 28.7 Å².